The minimum absolute atomic E-state index is 0.00740. The molecule has 0 fully saturated rings. The summed E-state index contributed by atoms with van der Waals surface area (Å²) in [6.45, 7) is 7.90. The Morgan fingerprint density at radius 3 is 2.25 bits per heavy atom. The summed E-state index contributed by atoms with van der Waals surface area (Å²) in [5.74, 6) is -0.00740. The maximum Gasteiger partial charge on any atom is 0.254 e. The van der Waals surface area contributed by atoms with Gasteiger partial charge in [0, 0.05) is 20.1 Å². The van der Waals surface area contributed by atoms with Gasteiger partial charge in [0.25, 0.3) is 5.91 Å². The maximum atomic E-state index is 12.1. The molecule has 0 bridgehead atoms. The van der Waals surface area contributed by atoms with Gasteiger partial charge in [0.1, 0.15) is 12.3 Å². The number of nitrogens with zero attached hydrogens (tertiary/aromatic N) is 2. The van der Waals surface area contributed by atoms with Crippen LogP contribution in [-0.2, 0) is 9.53 Å². The number of rotatable bonds is 6. The largest absolute Gasteiger partial charge is 0.349 e. The average molecular weight is 231 g/mol. The van der Waals surface area contributed by atoms with Crippen molar-refractivity contribution >= 4 is 5.91 Å². The molecule has 0 heterocycles. The van der Waals surface area contributed by atoms with Gasteiger partial charge in [0.05, 0.1) is 0 Å². The van der Waals surface area contributed by atoms with E-state index in [0.29, 0.717) is 6.73 Å². The molecule has 0 aliphatic heterocycles. The van der Waals surface area contributed by atoms with E-state index in [1.807, 2.05) is 20.9 Å². The molecule has 0 rings (SSSR count). The summed E-state index contributed by atoms with van der Waals surface area (Å²) in [4.78, 5) is 13.8. The quantitative estimate of drug-likeness (QED) is 0.539. The van der Waals surface area contributed by atoms with Crippen LogP contribution in [0.25, 0.3) is 0 Å². The van der Waals surface area contributed by atoms with E-state index in [0.717, 1.165) is 0 Å². The van der Waals surface area contributed by atoms with E-state index in [2.05, 4.69) is 5.43 Å². The number of hydrogen-bond donors (Lipinski definition) is 1. The van der Waals surface area contributed by atoms with Crippen LogP contribution >= 0.6 is 0 Å². The third kappa shape index (κ3) is 4.47. The first-order chi connectivity index (χ1) is 7.22. The lowest BCUT2D eigenvalue weighted by atomic mass is 10.1. The zero-order chi connectivity index (χ0) is 12.9. The van der Waals surface area contributed by atoms with E-state index in [9.17, 15) is 4.79 Å². The molecule has 16 heavy (non-hydrogen) atoms. The Bertz CT molecular complexity index is 229. The van der Waals surface area contributed by atoms with Gasteiger partial charge < -0.3 is 9.64 Å². The smallest absolute Gasteiger partial charge is 0.254 e. The molecule has 5 heteroatoms. The van der Waals surface area contributed by atoms with Crippen molar-refractivity contribution in [3.63, 3.8) is 0 Å². The van der Waals surface area contributed by atoms with Crippen molar-refractivity contribution in [3.05, 3.63) is 0 Å². The summed E-state index contributed by atoms with van der Waals surface area (Å²) in [6, 6.07) is 0.178. The minimum Gasteiger partial charge on any atom is -0.349 e. The highest BCUT2D eigenvalue weighted by Gasteiger charge is 2.32. The van der Waals surface area contributed by atoms with E-state index in [1.165, 1.54) is 0 Å². The number of amides is 1. The number of hydrazine groups is 1. The Balaban J connectivity index is 4.36. The van der Waals surface area contributed by atoms with Crippen molar-refractivity contribution in [2.24, 2.45) is 0 Å². The highest BCUT2D eigenvalue weighted by Crippen LogP contribution is 2.14. The molecule has 5 nitrogen and oxygen atoms in total. The van der Waals surface area contributed by atoms with E-state index >= 15 is 0 Å². The van der Waals surface area contributed by atoms with Gasteiger partial charge in [-0.25, -0.2) is 5.01 Å². The van der Waals surface area contributed by atoms with Crippen LogP contribution in [0, 0.1) is 0 Å². The first-order valence-electron chi connectivity index (χ1n) is 5.52. The number of likely N-dealkylation sites (N-methyl/N-ethyl adjacent to an activating group) is 1. The van der Waals surface area contributed by atoms with Gasteiger partial charge >= 0.3 is 0 Å². The van der Waals surface area contributed by atoms with E-state index < -0.39 is 5.60 Å². The molecule has 1 N–H and O–H groups in total. The van der Waals surface area contributed by atoms with Gasteiger partial charge in [0.15, 0.2) is 0 Å². The average Bonchev–Trinajstić information content (AvgIpc) is 2.23. The van der Waals surface area contributed by atoms with E-state index in [1.54, 1.807) is 37.9 Å². The van der Waals surface area contributed by atoms with E-state index in [-0.39, 0.29) is 11.9 Å². The summed E-state index contributed by atoms with van der Waals surface area (Å²) in [6.07, 6.45) is 0. The van der Waals surface area contributed by atoms with Gasteiger partial charge in [0.2, 0.25) is 0 Å². The Morgan fingerprint density at radius 2 is 1.88 bits per heavy atom. The molecular weight excluding hydrogens is 206 g/mol. The minimum atomic E-state index is -0.801. The molecule has 0 saturated heterocycles. The predicted octanol–water partition coefficient (Wildman–Crippen LogP) is 0.672. The van der Waals surface area contributed by atoms with Crippen molar-refractivity contribution in [3.8, 4) is 0 Å². The molecule has 0 aromatic rings. The Morgan fingerprint density at radius 1 is 1.38 bits per heavy atom. The lowest BCUT2D eigenvalue weighted by Crippen LogP contribution is -2.49. The Kier molecular flexibility index (Phi) is 5.92. The highest BCUT2D eigenvalue weighted by atomic mass is 16.5. The van der Waals surface area contributed by atoms with Crippen LogP contribution < -0.4 is 5.43 Å². The predicted molar refractivity (Wildman–Crippen MR) is 64.8 cm³/mol. The molecule has 0 spiro atoms. The number of carbonyl (C=O) groups excluding carboxylic acids is 1. The van der Waals surface area contributed by atoms with Gasteiger partial charge in [-0.05, 0) is 34.7 Å². The van der Waals surface area contributed by atoms with Gasteiger partial charge in [-0.1, -0.05) is 0 Å². The summed E-state index contributed by atoms with van der Waals surface area (Å²) in [5, 5.41) is 1.77. The zero-order valence-electron chi connectivity index (χ0n) is 11.5. The monoisotopic (exact) mass is 231 g/mol. The van der Waals surface area contributed by atoms with Crippen LogP contribution in [0.2, 0.25) is 0 Å². The van der Waals surface area contributed by atoms with Crippen LogP contribution in [0.1, 0.15) is 27.7 Å². The number of hydrogen-bond acceptors (Lipinski definition) is 4. The molecule has 0 unspecified atom stereocenters. The zero-order valence-corrected chi connectivity index (χ0v) is 11.5. The standard InChI is InChI=1S/C11H25N3O2/c1-9(2)14(7)10(15)11(3,4)16-8-13(6)12-5/h9,12H,8H2,1-7H3. The van der Waals surface area contributed by atoms with Crippen LogP contribution in [0.3, 0.4) is 0 Å². The lowest BCUT2D eigenvalue weighted by Gasteiger charge is -2.32. The van der Waals surface area contributed by atoms with Crippen molar-refractivity contribution in [2.45, 2.75) is 39.3 Å². The first-order valence-corrected chi connectivity index (χ1v) is 5.52. The maximum absolute atomic E-state index is 12.1. The van der Waals surface area contributed by atoms with Crippen LogP contribution in [0.5, 0.6) is 0 Å². The Hall–Kier alpha value is -0.650. The SMILES string of the molecule is CNN(C)COC(C)(C)C(=O)N(C)C(C)C. The fourth-order valence-electron chi connectivity index (χ4n) is 1.04. The fourth-order valence-corrected chi connectivity index (χ4v) is 1.04. The second-order valence-corrected chi connectivity index (χ2v) is 4.72. The number of ether oxygens (including phenoxy) is 1. The number of nitrogens with one attached hydrogen (secondary N) is 1. The van der Waals surface area contributed by atoms with Gasteiger partial charge in [-0.2, -0.15) is 0 Å². The van der Waals surface area contributed by atoms with Gasteiger partial charge in [-0.15, -0.1) is 0 Å². The summed E-state index contributed by atoms with van der Waals surface area (Å²) >= 11 is 0. The molecule has 0 aromatic heterocycles. The topological polar surface area (TPSA) is 44.8 Å². The molecule has 0 aliphatic rings. The summed E-state index contributed by atoms with van der Waals surface area (Å²) < 4.78 is 5.59. The van der Waals surface area contributed by atoms with Crippen molar-refractivity contribution in [2.75, 3.05) is 27.9 Å². The summed E-state index contributed by atoms with van der Waals surface area (Å²) in [7, 11) is 5.45. The van der Waals surface area contributed by atoms with E-state index in [4.69, 9.17) is 4.74 Å². The molecule has 0 radical (unpaired) electrons. The molecule has 96 valence electrons. The van der Waals surface area contributed by atoms with Crippen LogP contribution in [0.15, 0.2) is 0 Å². The summed E-state index contributed by atoms with van der Waals surface area (Å²) in [5.41, 5.74) is 2.11. The van der Waals surface area contributed by atoms with Crippen molar-refractivity contribution < 1.29 is 9.53 Å². The third-order valence-corrected chi connectivity index (χ3v) is 2.61. The lowest BCUT2D eigenvalue weighted by molar-refractivity contribution is -0.161. The molecule has 0 atom stereocenters. The third-order valence-electron chi connectivity index (χ3n) is 2.61. The molecule has 0 saturated carbocycles. The van der Waals surface area contributed by atoms with Crippen molar-refractivity contribution in [1.29, 1.82) is 0 Å². The molecule has 1 amide bonds. The Labute approximate surface area is 98.7 Å². The second-order valence-electron chi connectivity index (χ2n) is 4.72. The van der Waals surface area contributed by atoms with Gasteiger partial charge in [-0.3, -0.25) is 10.2 Å². The number of carbonyl (C=O) groups is 1. The molecule has 0 aromatic carbocycles. The molecule has 0 aliphatic carbocycles. The first kappa shape index (κ1) is 15.3. The van der Waals surface area contributed by atoms with Crippen LogP contribution in [0.4, 0.5) is 0 Å². The molecular formula is C11H25N3O2. The highest BCUT2D eigenvalue weighted by molar-refractivity contribution is 5.84. The van der Waals surface area contributed by atoms with Crippen molar-refractivity contribution in [1.82, 2.24) is 15.3 Å². The second kappa shape index (κ2) is 6.18. The van der Waals surface area contributed by atoms with Crippen LogP contribution in [-0.4, -0.2) is 55.3 Å². The fraction of sp³-hybridized carbons (Fsp3) is 0.909. The normalized spacial score (nSPS) is 12.3.